The van der Waals surface area contributed by atoms with Crippen LogP contribution in [0.5, 0.6) is 11.5 Å². The molecule has 1 N–H and O–H groups in total. The number of anilines is 1. The van der Waals surface area contributed by atoms with E-state index in [2.05, 4.69) is 5.32 Å². The number of para-hydroxylation sites is 2. The molecule has 122 valence electrons. The van der Waals surface area contributed by atoms with Crippen molar-refractivity contribution < 1.29 is 14.3 Å². The van der Waals surface area contributed by atoms with Gasteiger partial charge in [-0.3, -0.25) is 4.79 Å². The van der Waals surface area contributed by atoms with Crippen molar-refractivity contribution in [2.75, 3.05) is 19.0 Å². The van der Waals surface area contributed by atoms with Gasteiger partial charge in [0, 0.05) is 17.1 Å². The predicted molar refractivity (Wildman–Crippen MR) is 92.5 cm³/mol. The van der Waals surface area contributed by atoms with Crippen LogP contribution in [0.25, 0.3) is 0 Å². The molecule has 0 aliphatic heterocycles. The average molecular weight is 334 g/mol. The number of benzene rings is 2. The van der Waals surface area contributed by atoms with E-state index in [9.17, 15) is 4.79 Å². The minimum absolute atomic E-state index is 0.0565. The quantitative estimate of drug-likeness (QED) is 0.761. The maximum absolute atomic E-state index is 12.0. The largest absolute Gasteiger partial charge is 0.493 e. The van der Waals surface area contributed by atoms with Gasteiger partial charge >= 0.3 is 0 Å². The van der Waals surface area contributed by atoms with Crippen LogP contribution in [0.1, 0.15) is 18.4 Å². The van der Waals surface area contributed by atoms with E-state index in [0.29, 0.717) is 36.0 Å². The van der Waals surface area contributed by atoms with Gasteiger partial charge in [-0.2, -0.15) is 0 Å². The average Bonchev–Trinajstić information content (AvgIpc) is 2.56. The molecule has 0 fully saturated rings. The van der Waals surface area contributed by atoms with E-state index in [1.807, 2.05) is 43.3 Å². The van der Waals surface area contributed by atoms with E-state index in [4.69, 9.17) is 21.1 Å². The lowest BCUT2D eigenvalue weighted by Gasteiger charge is -2.11. The summed E-state index contributed by atoms with van der Waals surface area (Å²) >= 11 is 6.04. The van der Waals surface area contributed by atoms with Gasteiger partial charge in [0.1, 0.15) is 0 Å². The van der Waals surface area contributed by atoms with Crippen molar-refractivity contribution in [2.45, 2.75) is 19.8 Å². The Kier molecular flexibility index (Phi) is 6.29. The molecule has 0 aliphatic carbocycles. The molecule has 2 rings (SSSR count). The number of carbonyl (C=O) groups is 1. The molecule has 23 heavy (non-hydrogen) atoms. The highest BCUT2D eigenvalue weighted by atomic mass is 35.5. The van der Waals surface area contributed by atoms with Crippen molar-refractivity contribution in [3.63, 3.8) is 0 Å². The van der Waals surface area contributed by atoms with Crippen molar-refractivity contribution in [2.24, 2.45) is 0 Å². The summed E-state index contributed by atoms with van der Waals surface area (Å²) < 4.78 is 10.9. The Morgan fingerprint density at radius 3 is 2.61 bits per heavy atom. The third kappa shape index (κ3) is 4.89. The van der Waals surface area contributed by atoms with Crippen molar-refractivity contribution in [3.8, 4) is 11.5 Å². The van der Waals surface area contributed by atoms with Gasteiger partial charge in [0.2, 0.25) is 5.91 Å². The van der Waals surface area contributed by atoms with Crippen LogP contribution in [0.15, 0.2) is 42.5 Å². The highest BCUT2D eigenvalue weighted by Gasteiger charge is 2.07. The molecule has 4 nitrogen and oxygen atoms in total. The third-order valence-electron chi connectivity index (χ3n) is 3.42. The van der Waals surface area contributed by atoms with Crippen molar-refractivity contribution in [1.82, 2.24) is 0 Å². The topological polar surface area (TPSA) is 47.6 Å². The summed E-state index contributed by atoms with van der Waals surface area (Å²) in [6.45, 7) is 2.32. The highest BCUT2D eigenvalue weighted by Crippen LogP contribution is 2.26. The normalized spacial score (nSPS) is 10.2. The first-order valence-electron chi connectivity index (χ1n) is 7.42. The molecular formula is C18H20ClNO3. The zero-order valence-electron chi connectivity index (χ0n) is 13.3. The maximum Gasteiger partial charge on any atom is 0.224 e. The second kappa shape index (κ2) is 8.44. The smallest absolute Gasteiger partial charge is 0.224 e. The summed E-state index contributed by atoms with van der Waals surface area (Å²) in [6, 6.07) is 12.9. The molecular weight excluding hydrogens is 314 g/mol. The number of hydrogen-bond donors (Lipinski definition) is 1. The van der Waals surface area contributed by atoms with Gasteiger partial charge < -0.3 is 14.8 Å². The fraction of sp³-hybridized carbons (Fsp3) is 0.278. The van der Waals surface area contributed by atoms with E-state index in [1.54, 1.807) is 13.2 Å². The number of amides is 1. The van der Waals surface area contributed by atoms with E-state index in [-0.39, 0.29) is 5.91 Å². The second-order valence-corrected chi connectivity index (χ2v) is 5.47. The third-order valence-corrected chi connectivity index (χ3v) is 3.83. The van der Waals surface area contributed by atoms with Crippen LogP contribution in [0.4, 0.5) is 5.69 Å². The van der Waals surface area contributed by atoms with Gasteiger partial charge in [-0.15, -0.1) is 0 Å². The number of halogens is 1. The Morgan fingerprint density at radius 2 is 1.87 bits per heavy atom. The van der Waals surface area contributed by atoms with Gasteiger partial charge in [-0.25, -0.2) is 0 Å². The Morgan fingerprint density at radius 1 is 1.13 bits per heavy atom. The van der Waals surface area contributed by atoms with Crippen molar-refractivity contribution in [1.29, 1.82) is 0 Å². The lowest BCUT2D eigenvalue weighted by molar-refractivity contribution is -0.116. The molecule has 0 radical (unpaired) electrons. The first-order chi connectivity index (χ1) is 11.1. The van der Waals surface area contributed by atoms with Gasteiger partial charge in [-0.1, -0.05) is 29.8 Å². The van der Waals surface area contributed by atoms with Crippen LogP contribution in [-0.4, -0.2) is 19.6 Å². The number of ether oxygens (including phenoxy) is 2. The molecule has 0 unspecified atom stereocenters. The van der Waals surface area contributed by atoms with Crippen LogP contribution in [0.2, 0.25) is 5.02 Å². The van der Waals surface area contributed by atoms with E-state index >= 15 is 0 Å². The molecule has 5 heteroatoms. The zero-order chi connectivity index (χ0) is 16.7. The molecule has 0 heterocycles. The number of rotatable bonds is 7. The lowest BCUT2D eigenvalue weighted by atomic mass is 10.2. The number of hydrogen-bond acceptors (Lipinski definition) is 3. The molecule has 2 aromatic carbocycles. The standard InChI is InChI=1S/C18H20ClNO3/c1-13-14(19)7-5-8-15(13)20-18(21)11-6-12-23-17-10-4-3-9-16(17)22-2/h3-5,7-10H,6,11-12H2,1-2H3,(H,20,21). The van der Waals surface area contributed by atoms with E-state index < -0.39 is 0 Å². The molecule has 1 amide bonds. The number of methoxy groups -OCH3 is 1. The fourth-order valence-electron chi connectivity index (χ4n) is 2.11. The molecule has 0 spiro atoms. The summed E-state index contributed by atoms with van der Waals surface area (Å²) in [5.74, 6) is 1.31. The second-order valence-electron chi connectivity index (χ2n) is 5.06. The maximum atomic E-state index is 12.0. The van der Waals surface area contributed by atoms with Crippen LogP contribution >= 0.6 is 11.6 Å². The van der Waals surface area contributed by atoms with Crippen LogP contribution in [-0.2, 0) is 4.79 Å². The molecule has 0 saturated heterocycles. The SMILES string of the molecule is COc1ccccc1OCCCC(=O)Nc1cccc(Cl)c1C. The first kappa shape index (κ1) is 17.2. The minimum atomic E-state index is -0.0565. The summed E-state index contributed by atoms with van der Waals surface area (Å²) in [6.07, 6.45) is 0.991. The Bertz CT molecular complexity index is 673. The van der Waals surface area contributed by atoms with Crippen LogP contribution in [0.3, 0.4) is 0 Å². The number of carbonyl (C=O) groups excluding carboxylic acids is 1. The Hall–Kier alpha value is -2.20. The van der Waals surface area contributed by atoms with Gasteiger partial charge in [0.05, 0.1) is 13.7 Å². The van der Waals surface area contributed by atoms with Crippen LogP contribution in [0, 0.1) is 6.92 Å². The molecule has 2 aromatic rings. The zero-order valence-corrected chi connectivity index (χ0v) is 14.0. The summed E-state index contributed by atoms with van der Waals surface area (Å²) in [5, 5.41) is 3.51. The monoisotopic (exact) mass is 333 g/mol. The minimum Gasteiger partial charge on any atom is -0.493 e. The van der Waals surface area contributed by atoms with E-state index in [1.165, 1.54) is 0 Å². The summed E-state index contributed by atoms with van der Waals surface area (Å²) in [4.78, 5) is 12.0. The van der Waals surface area contributed by atoms with Gasteiger partial charge in [0.15, 0.2) is 11.5 Å². The van der Waals surface area contributed by atoms with Gasteiger partial charge in [-0.05, 0) is 43.2 Å². The van der Waals surface area contributed by atoms with Crippen molar-refractivity contribution >= 4 is 23.2 Å². The predicted octanol–water partition coefficient (Wildman–Crippen LogP) is 4.45. The molecule has 0 aromatic heterocycles. The molecule has 0 atom stereocenters. The number of nitrogens with one attached hydrogen (secondary N) is 1. The summed E-state index contributed by atoms with van der Waals surface area (Å²) in [5.41, 5.74) is 1.61. The lowest BCUT2D eigenvalue weighted by Crippen LogP contribution is -2.13. The fourth-order valence-corrected chi connectivity index (χ4v) is 2.28. The Balaban J connectivity index is 1.78. The first-order valence-corrected chi connectivity index (χ1v) is 7.80. The highest BCUT2D eigenvalue weighted by molar-refractivity contribution is 6.31. The summed E-state index contributed by atoms with van der Waals surface area (Å²) in [7, 11) is 1.60. The molecule has 0 aliphatic rings. The Labute approximate surface area is 141 Å². The van der Waals surface area contributed by atoms with Crippen molar-refractivity contribution in [3.05, 3.63) is 53.1 Å². The molecule has 0 bridgehead atoms. The van der Waals surface area contributed by atoms with E-state index in [0.717, 1.165) is 11.3 Å². The molecule has 0 saturated carbocycles. The van der Waals surface area contributed by atoms with Gasteiger partial charge in [0.25, 0.3) is 0 Å². The van der Waals surface area contributed by atoms with Crippen LogP contribution < -0.4 is 14.8 Å².